The highest BCUT2D eigenvalue weighted by atomic mass is 35.5. The molecule has 0 unspecified atom stereocenters. The van der Waals surface area contributed by atoms with Gasteiger partial charge in [0.05, 0.1) is 39.2 Å². The van der Waals surface area contributed by atoms with E-state index in [4.69, 9.17) is 11.6 Å². The standard InChI is InChI=1S/C28H26ClF3N4O2/c1-27(2,3)14-25(37)33-15-17-7-12-22(29)20(13-17)26(38)35-23-5-4-6-24-21(23)16-34-36(24)19-10-8-18(9-11-19)28(30,31)32/h4-13,16H,14-15H2,1-3H3,(H,33,37)(H,35,38). The van der Waals surface area contributed by atoms with Crippen LogP contribution in [0.4, 0.5) is 18.9 Å². The number of benzene rings is 3. The molecule has 2 N–H and O–H groups in total. The zero-order valence-corrected chi connectivity index (χ0v) is 21.7. The lowest BCUT2D eigenvalue weighted by Crippen LogP contribution is -2.27. The van der Waals surface area contributed by atoms with Gasteiger partial charge >= 0.3 is 6.18 Å². The first-order valence-electron chi connectivity index (χ1n) is 11.8. The van der Waals surface area contributed by atoms with Gasteiger partial charge in [-0.3, -0.25) is 9.59 Å². The number of nitrogens with one attached hydrogen (secondary N) is 2. The Morgan fingerprint density at radius 2 is 1.71 bits per heavy atom. The minimum absolute atomic E-state index is 0.0878. The van der Waals surface area contributed by atoms with Gasteiger partial charge in [-0.15, -0.1) is 0 Å². The molecule has 38 heavy (non-hydrogen) atoms. The van der Waals surface area contributed by atoms with E-state index >= 15 is 0 Å². The fourth-order valence-corrected chi connectivity index (χ4v) is 4.15. The van der Waals surface area contributed by atoms with Crippen molar-refractivity contribution in [1.82, 2.24) is 15.1 Å². The molecule has 0 aliphatic rings. The molecule has 0 spiro atoms. The third-order valence-electron chi connectivity index (χ3n) is 5.76. The summed E-state index contributed by atoms with van der Waals surface area (Å²) in [6, 6.07) is 14.8. The second-order valence-corrected chi connectivity index (χ2v) is 10.5. The van der Waals surface area contributed by atoms with Crippen LogP contribution in [0.2, 0.25) is 5.02 Å². The van der Waals surface area contributed by atoms with Crippen LogP contribution in [0.1, 0.15) is 48.7 Å². The number of aromatic nitrogens is 2. The van der Waals surface area contributed by atoms with Crippen molar-refractivity contribution in [2.45, 2.75) is 39.9 Å². The van der Waals surface area contributed by atoms with Crippen molar-refractivity contribution >= 4 is 40.0 Å². The lowest BCUT2D eigenvalue weighted by Gasteiger charge is -2.17. The first kappa shape index (κ1) is 27.2. The Labute approximate surface area is 222 Å². The van der Waals surface area contributed by atoms with E-state index in [1.165, 1.54) is 23.0 Å². The normalized spacial score (nSPS) is 12.0. The Bertz CT molecular complexity index is 1490. The van der Waals surface area contributed by atoms with E-state index < -0.39 is 17.6 Å². The van der Waals surface area contributed by atoms with E-state index in [0.29, 0.717) is 28.7 Å². The number of anilines is 1. The van der Waals surface area contributed by atoms with Gasteiger partial charge in [0, 0.05) is 18.4 Å². The summed E-state index contributed by atoms with van der Waals surface area (Å²) < 4.78 is 40.3. The predicted octanol–water partition coefficient (Wildman–Crippen LogP) is 7.00. The highest BCUT2D eigenvalue weighted by Gasteiger charge is 2.30. The van der Waals surface area contributed by atoms with Gasteiger partial charge in [-0.1, -0.05) is 44.5 Å². The quantitative estimate of drug-likeness (QED) is 0.275. The third-order valence-corrected chi connectivity index (χ3v) is 6.09. The number of rotatable bonds is 6. The lowest BCUT2D eigenvalue weighted by atomic mass is 9.92. The van der Waals surface area contributed by atoms with Gasteiger partial charge < -0.3 is 10.6 Å². The van der Waals surface area contributed by atoms with Crippen LogP contribution in [0, 0.1) is 5.41 Å². The van der Waals surface area contributed by atoms with Crippen LogP contribution in [0.3, 0.4) is 0 Å². The number of hydrogen-bond acceptors (Lipinski definition) is 3. The van der Waals surface area contributed by atoms with Gasteiger partial charge in [-0.25, -0.2) is 4.68 Å². The SMILES string of the molecule is CC(C)(C)CC(=O)NCc1ccc(Cl)c(C(=O)Nc2cccc3c2cnn3-c2ccc(C(F)(F)F)cc2)c1. The summed E-state index contributed by atoms with van der Waals surface area (Å²) in [5.74, 6) is -0.539. The Morgan fingerprint density at radius 3 is 2.37 bits per heavy atom. The van der Waals surface area contributed by atoms with Crippen molar-refractivity contribution in [3.8, 4) is 5.69 Å². The van der Waals surface area contributed by atoms with Gasteiger partial charge in [0.1, 0.15) is 0 Å². The average molecular weight is 543 g/mol. The second kappa shape index (κ2) is 10.5. The van der Waals surface area contributed by atoms with Gasteiger partial charge in [0.2, 0.25) is 5.91 Å². The van der Waals surface area contributed by atoms with Crippen LogP contribution in [0.15, 0.2) is 66.9 Å². The number of carbonyl (C=O) groups is 2. The van der Waals surface area contributed by atoms with Crippen molar-refractivity contribution in [3.05, 3.63) is 88.6 Å². The summed E-state index contributed by atoms with van der Waals surface area (Å²) >= 11 is 6.31. The molecule has 0 radical (unpaired) electrons. The van der Waals surface area contributed by atoms with Crippen LogP contribution in [0.5, 0.6) is 0 Å². The fraction of sp³-hybridized carbons (Fsp3) is 0.250. The van der Waals surface area contributed by atoms with E-state index in [1.54, 1.807) is 36.4 Å². The molecule has 0 aliphatic carbocycles. The molecule has 3 aromatic carbocycles. The van der Waals surface area contributed by atoms with Crippen molar-refractivity contribution in [2.75, 3.05) is 5.32 Å². The van der Waals surface area contributed by atoms with E-state index in [1.807, 2.05) is 20.8 Å². The molecule has 0 aliphatic heterocycles. The summed E-state index contributed by atoms with van der Waals surface area (Å²) in [7, 11) is 0. The number of fused-ring (bicyclic) bond motifs is 1. The molecule has 198 valence electrons. The van der Waals surface area contributed by atoms with Crippen LogP contribution in [0.25, 0.3) is 16.6 Å². The molecule has 0 atom stereocenters. The number of amides is 2. The average Bonchev–Trinajstić information content (AvgIpc) is 3.27. The Balaban J connectivity index is 1.54. The largest absolute Gasteiger partial charge is 0.416 e. The molecule has 4 aromatic rings. The molecule has 2 amide bonds. The molecular formula is C28H26ClF3N4O2. The molecule has 0 fully saturated rings. The van der Waals surface area contributed by atoms with E-state index in [0.717, 1.165) is 17.7 Å². The summed E-state index contributed by atoms with van der Waals surface area (Å²) in [4.78, 5) is 25.3. The Hall–Kier alpha value is -3.85. The molecule has 0 bridgehead atoms. The van der Waals surface area contributed by atoms with E-state index in [-0.39, 0.29) is 28.5 Å². The van der Waals surface area contributed by atoms with Crippen LogP contribution in [-0.4, -0.2) is 21.6 Å². The third kappa shape index (κ3) is 6.34. The number of halogens is 4. The summed E-state index contributed by atoms with van der Waals surface area (Å²) in [6.45, 7) is 6.18. The zero-order chi connectivity index (χ0) is 27.7. The number of alkyl halides is 3. The van der Waals surface area contributed by atoms with Crippen molar-refractivity contribution in [3.63, 3.8) is 0 Å². The van der Waals surface area contributed by atoms with E-state index in [9.17, 15) is 22.8 Å². The first-order chi connectivity index (χ1) is 17.8. The van der Waals surface area contributed by atoms with Gasteiger partial charge in [-0.2, -0.15) is 18.3 Å². The summed E-state index contributed by atoms with van der Waals surface area (Å²) in [5.41, 5.74) is 1.57. The molecular weight excluding hydrogens is 517 g/mol. The number of nitrogens with zero attached hydrogens (tertiary/aromatic N) is 2. The fourth-order valence-electron chi connectivity index (χ4n) is 3.95. The maximum atomic E-state index is 13.1. The highest BCUT2D eigenvalue weighted by Crippen LogP contribution is 2.31. The van der Waals surface area contributed by atoms with Crippen molar-refractivity contribution < 1.29 is 22.8 Å². The van der Waals surface area contributed by atoms with Gasteiger partial charge in [0.15, 0.2) is 0 Å². The lowest BCUT2D eigenvalue weighted by molar-refractivity contribution is -0.137. The maximum absolute atomic E-state index is 13.1. The molecule has 4 rings (SSSR count). The highest BCUT2D eigenvalue weighted by molar-refractivity contribution is 6.34. The van der Waals surface area contributed by atoms with Crippen LogP contribution < -0.4 is 10.6 Å². The summed E-state index contributed by atoms with van der Waals surface area (Å²) in [6.07, 6.45) is -2.53. The maximum Gasteiger partial charge on any atom is 0.416 e. The minimum Gasteiger partial charge on any atom is -0.352 e. The van der Waals surface area contributed by atoms with Crippen molar-refractivity contribution in [2.24, 2.45) is 5.41 Å². The molecule has 0 saturated heterocycles. The Morgan fingerprint density at radius 1 is 1.00 bits per heavy atom. The molecule has 0 saturated carbocycles. The van der Waals surface area contributed by atoms with Crippen LogP contribution >= 0.6 is 11.6 Å². The molecule has 1 heterocycles. The zero-order valence-electron chi connectivity index (χ0n) is 21.0. The molecule has 1 aromatic heterocycles. The van der Waals surface area contributed by atoms with Gasteiger partial charge in [-0.05, 0) is 59.5 Å². The predicted molar refractivity (Wildman–Crippen MR) is 141 cm³/mol. The monoisotopic (exact) mass is 542 g/mol. The van der Waals surface area contributed by atoms with Gasteiger partial charge in [0.25, 0.3) is 5.91 Å². The number of carbonyl (C=O) groups excluding carboxylic acids is 2. The second-order valence-electron chi connectivity index (χ2n) is 10.1. The summed E-state index contributed by atoms with van der Waals surface area (Å²) in [5, 5.41) is 10.9. The number of hydrogen-bond donors (Lipinski definition) is 2. The minimum atomic E-state index is -4.43. The first-order valence-corrected chi connectivity index (χ1v) is 12.2. The van der Waals surface area contributed by atoms with Crippen LogP contribution in [-0.2, 0) is 17.5 Å². The molecule has 10 heteroatoms. The van der Waals surface area contributed by atoms with E-state index in [2.05, 4.69) is 15.7 Å². The molecule has 6 nitrogen and oxygen atoms in total. The Kier molecular flexibility index (Phi) is 7.51. The topological polar surface area (TPSA) is 76.0 Å². The smallest absolute Gasteiger partial charge is 0.352 e. The van der Waals surface area contributed by atoms with Crippen molar-refractivity contribution in [1.29, 1.82) is 0 Å².